The smallest absolute Gasteiger partial charge is 0.243 e. The molecule has 1 N–H and O–H groups in total. The average molecular weight is 415 g/mol. The summed E-state index contributed by atoms with van der Waals surface area (Å²) < 4.78 is 0. The third-order valence-electron chi connectivity index (χ3n) is 5.16. The molecule has 0 aliphatic rings. The maximum Gasteiger partial charge on any atom is 0.243 e. The molecular formula is C24H31ClN2O2. The van der Waals surface area contributed by atoms with E-state index in [4.69, 9.17) is 11.6 Å². The van der Waals surface area contributed by atoms with Crippen molar-refractivity contribution < 1.29 is 9.59 Å². The summed E-state index contributed by atoms with van der Waals surface area (Å²) in [5.41, 5.74) is 1.95. The summed E-state index contributed by atoms with van der Waals surface area (Å²) in [5.74, 6) is -0.151. The zero-order chi connectivity index (χ0) is 21.2. The van der Waals surface area contributed by atoms with E-state index in [-0.39, 0.29) is 17.9 Å². The Hall–Kier alpha value is -2.33. The molecule has 156 valence electrons. The third kappa shape index (κ3) is 6.90. The highest BCUT2D eigenvalue weighted by atomic mass is 35.5. The summed E-state index contributed by atoms with van der Waals surface area (Å²) in [6.45, 7) is 6.25. The molecule has 0 aliphatic carbocycles. The molecule has 0 heterocycles. The molecule has 5 heteroatoms. The molecule has 0 spiro atoms. The van der Waals surface area contributed by atoms with Crippen LogP contribution in [0, 0.1) is 0 Å². The fourth-order valence-electron chi connectivity index (χ4n) is 3.21. The second kappa shape index (κ2) is 11.6. The molecule has 0 aliphatic heterocycles. The molecule has 0 aromatic heterocycles. The van der Waals surface area contributed by atoms with Crippen LogP contribution in [0.1, 0.15) is 51.2 Å². The predicted octanol–water partition coefficient (Wildman–Crippen LogP) is 4.99. The van der Waals surface area contributed by atoms with Crippen molar-refractivity contribution in [1.82, 2.24) is 10.2 Å². The molecule has 4 nitrogen and oxygen atoms in total. The minimum atomic E-state index is -0.524. The first kappa shape index (κ1) is 23.0. The number of benzene rings is 2. The Labute approximate surface area is 179 Å². The van der Waals surface area contributed by atoms with Crippen molar-refractivity contribution in [2.45, 2.75) is 65.1 Å². The molecule has 2 atom stereocenters. The highest BCUT2D eigenvalue weighted by Crippen LogP contribution is 2.21. The number of hydrogen-bond donors (Lipinski definition) is 1. The average Bonchev–Trinajstić information content (AvgIpc) is 2.73. The molecule has 2 aromatic rings. The Morgan fingerprint density at radius 1 is 1.00 bits per heavy atom. The number of halogens is 1. The van der Waals surface area contributed by atoms with Gasteiger partial charge < -0.3 is 10.2 Å². The monoisotopic (exact) mass is 414 g/mol. The van der Waals surface area contributed by atoms with E-state index in [1.165, 1.54) is 0 Å². The van der Waals surface area contributed by atoms with Gasteiger partial charge in [0.2, 0.25) is 11.8 Å². The zero-order valence-electron chi connectivity index (χ0n) is 17.5. The summed E-state index contributed by atoms with van der Waals surface area (Å²) in [5, 5.41) is 3.63. The minimum Gasteiger partial charge on any atom is -0.352 e. The Kier molecular flexibility index (Phi) is 9.20. The highest BCUT2D eigenvalue weighted by molar-refractivity contribution is 6.31. The first-order chi connectivity index (χ1) is 14.0. The van der Waals surface area contributed by atoms with Gasteiger partial charge in [-0.05, 0) is 43.4 Å². The summed E-state index contributed by atoms with van der Waals surface area (Å²) >= 11 is 6.34. The van der Waals surface area contributed by atoms with Crippen molar-refractivity contribution in [2.24, 2.45) is 0 Å². The van der Waals surface area contributed by atoms with E-state index in [2.05, 4.69) is 5.32 Å². The number of nitrogens with one attached hydrogen (secondary N) is 1. The Morgan fingerprint density at radius 3 is 2.28 bits per heavy atom. The third-order valence-corrected chi connectivity index (χ3v) is 5.52. The molecule has 2 rings (SSSR count). The number of hydrogen-bond acceptors (Lipinski definition) is 2. The molecular weight excluding hydrogens is 384 g/mol. The number of carbonyl (C=O) groups excluding carboxylic acids is 2. The van der Waals surface area contributed by atoms with Gasteiger partial charge in [0, 0.05) is 24.0 Å². The summed E-state index contributed by atoms with van der Waals surface area (Å²) in [4.78, 5) is 27.8. The van der Waals surface area contributed by atoms with Crippen molar-refractivity contribution >= 4 is 23.4 Å². The second-order valence-electron chi connectivity index (χ2n) is 7.34. The molecule has 0 radical (unpaired) electrons. The van der Waals surface area contributed by atoms with Crippen LogP contribution in [-0.2, 0) is 22.6 Å². The van der Waals surface area contributed by atoms with E-state index >= 15 is 0 Å². The lowest BCUT2D eigenvalue weighted by Gasteiger charge is -2.31. The molecule has 0 fully saturated rings. The highest BCUT2D eigenvalue weighted by Gasteiger charge is 2.29. The van der Waals surface area contributed by atoms with E-state index in [1.807, 2.05) is 75.4 Å². The quantitative estimate of drug-likeness (QED) is 0.595. The lowest BCUT2D eigenvalue weighted by atomic mass is 10.1. The van der Waals surface area contributed by atoms with Gasteiger partial charge in [-0.3, -0.25) is 9.59 Å². The van der Waals surface area contributed by atoms with E-state index in [0.717, 1.165) is 17.5 Å². The van der Waals surface area contributed by atoms with Gasteiger partial charge in [0.1, 0.15) is 6.04 Å². The van der Waals surface area contributed by atoms with Gasteiger partial charge in [0.05, 0.1) is 0 Å². The fraction of sp³-hybridized carbons (Fsp3) is 0.417. The fourth-order valence-corrected chi connectivity index (χ4v) is 3.41. The topological polar surface area (TPSA) is 49.4 Å². The molecule has 0 bridgehead atoms. The first-order valence-corrected chi connectivity index (χ1v) is 10.7. The van der Waals surface area contributed by atoms with Crippen molar-refractivity contribution in [3.05, 3.63) is 70.7 Å². The van der Waals surface area contributed by atoms with Crippen LogP contribution >= 0.6 is 11.6 Å². The largest absolute Gasteiger partial charge is 0.352 e. The Balaban J connectivity index is 2.22. The SMILES string of the molecule is CCC(C)NC(=O)C(CC)N(Cc1ccccc1Cl)C(=O)CCc1ccccc1. The van der Waals surface area contributed by atoms with E-state index in [0.29, 0.717) is 30.8 Å². The van der Waals surface area contributed by atoms with Gasteiger partial charge >= 0.3 is 0 Å². The van der Waals surface area contributed by atoms with Crippen LogP contribution in [-0.4, -0.2) is 28.8 Å². The predicted molar refractivity (Wildman–Crippen MR) is 119 cm³/mol. The lowest BCUT2D eigenvalue weighted by Crippen LogP contribution is -2.50. The number of amides is 2. The Bertz CT molecular complexity index is 794. The first-order valence-electron chi connectivity index (χ1n) is 10.3. The van der Waals surface area contributed by atoms with Gasteiger partial charge in [-0.15, -0.1) is 0 Å². The number of carbonyl (C=O) groups is 2. The molecule has 2 amide bonds. The molecule has 2 unspecified atom stereocenters. The van der Waals surface area contributed by atoms with E-state index in [1.54, 1.807) is 4.90 Å². The van der Waals surface area contributed by atoms with Gasteiger partial charge in [0.15, 0.2) is 0 Å². The van der Waals surface area contributed by atoms with Crippen molar-refractivity contribution in [3.8, 4) is 0 Å². The molecule has 2 aromatic carbocycles. The number of aryl methyl sites for hydroxylation is 1. The van der Waals surface area contributed by atoms with Crippen LogP contribution in [0.15, 0.2) is 54.6 Å². The Morgan fingerprint density at radius 2 is 1.66 bits per heavy atom. The van der Waals surface area contributed by atoms with Crippen LogP contribution in [0.4, 0.5) is 0 Å². The number of rotatable bonds is 10. The van der Waals surface area contributed by atoms with Gasteiger partial charge in [0.25, 0.3) is 0 Å². The summed E-state index contributed by atoms with van der Waals surface area (Å²) in [6, 6.07) is 16.9. The van der Waals surface area contributed by atoms with E-state index in [9.17, 15) is 9.59 Å². The normalized spacial score (nSPS) is 12.8. The number of nitrogens with zero attached hydrogens (tertiary/aromatic N) is 1. The molecule has 29 heavy (non-hydrogen) atoms. The summed E-state index contributed by atoms with van der Waals surface area (Å²) in [6.07, 6.45) is 2.38. The zero-order valence-corrected chi connectivity index (χ0v) is 18.3. The van der Waals surface area contributed by atoms with Gasteiger partial charge in [-0.1, -0.05) is 74.0 Å². The standard InChI is InChI=1S/C24H31ClN2O2/c1-4-18(3)26-24(29)22(5-2)27(17-20-13-9-10-14-21(20)25)23(28)16-15-19-11-7-6-8-12-19/h6-14,18,22H,4-5,15-17H2,1-3H3,(H,26,29). The van der Waals surface area contributed by atoms with Crippen molar-refractivity contribution in [1.29, 1.82) is 0 Å². The van der Waals surface area contributed by atoms with Crippen LogP contribution in [0.2, 0.25) is 5.02 Å². The minimum absolute atomic E-state index is 0.0417. The molecule has 0 saturated carbocycles. The van der Waals surface area contributed by atoms with E-state index < -0.39 is 6.04 Å². The lowest BCUT2D eigenvalue weighted by molar-refractivity contribution is -0.141. The second-order valence-corrected chi connectivity index (χ2v) is 7.75. The maximum absolute atomic E-state index is 13.2. The summed E-state index contributed by atoms with van der Waals surface area (Å²) in [7, 11) is 0. The van der Waals surface area contributed by atoms with Crippen molar-refractivity contribution in [2.75, 3.05) is 0 Å². The van der Waals surface area contributed by atoms with Gasteiger partial charge in [-0.2, -0.15) is 0 Å². The van der Waals surface area contributed by atoms with Crippen LogP contribution in [0.5, 0.6) is 0 Å². The van der Waals surface area contributed by atoms with Crippen LogP contribution in [0.25, 0.3) is 0 Å². The van der Waals surface area contributed by atoms with Crippen LogP contribution < -0.4 is 5.32 Å². The maximum atomic E-state index is 13.2. The van der Waals surface area contributed by atoms with Crippen LogP contribution in [0.3, 0.4) is 0 Å². The molecule has 0 saturated heterocycles. The van der Waals surface area contributed by atoms with Gasteiger partial charge in [-0.25, -0.2) is 0 Å². The van der Waals surface area contributed by atoms with Crippen molar-refractivity contribution in [3.63, 3.8) is 0 Å².